The molecule has 0 radical (unpaired) electrons. The van der Waals surface area contributed by atoms with Crippen molar-refractivity contribution in [2.45, 2.75) is 56.7 Å². The zero-order valence-corrected chi connectivity index (χ0v) is 49.2. The topological polar surface area (TPSA) is 306 Å². The van der Waals surface area contributed by atoms with Gasteiger partial charge in [-0.25, -0.2) is 29.9 Å². The minimum absolute atomic E-state index is 0.0376. The van der Waals surface area contributed by atoms with E-state index >= 15 is 0 Å². The number of nitriles is 3. The molecule has 0 spiro atoms. The number of halogens is 5. The molecule has 0 bridgehead atoms. The smallest absolute Gasteiger partial charge is 0.307 e. The molecule has 0 unspecified atom stereocenters. The van der Waals surface area contributed by atoms with Crippen LogP contribution in [-0.4, -0.2) is 67.7 Å². The summed E-state index contributed by atoms with van der Waals surface area (Å²) in [5.41, 5.74) is 11.5. The summed E-state index contributed by atoms with van der Waals surface area (Å²) in [6.07, 6.45) is 17.8. The Morgan fingerprint density at radius 3 is 1.57 bits per heavy atom. The highest BCUT2D eigenvalue weighted by Gasteiger charge is 2.29. The fraction of sp³-hybridized carbons (Fsp3) is 0.177. The Balaban J connectivity index is 0.000000133. The van der Waals surface area contributed by atoms with E-state index in [1.165, 1.54) is 74.9 Å². The van der Waals surface area contributed by atoms with E-state index in [1.54, 1.807) is 6.07 Å². The van der Waals surface area contributed by atoms with Gasteiger partial charge in [0.2, 0.25) is 28.1 Å². The second-order valence-electron chi connectivity index (χ2n) is 20.1. The summed E-state index contributed by atoms with van der Waals surface area (Å²) in [6.45, 7) is 0. The molecular weight excluding hydrogens is 1210 g/mol. The van der Waals surface area contributed by atoms with Crippen molar-refractivity contribution in [2.75, 3.05) is 25.3 Å². The number of nitro groups is 2. The Kier molecular flexibility index (Phi) is 18.5. The van der Waals surface area contributed by atoms with Crippen LogP contribution in [0.1, 0.15) is 73.3 Å². The van der Waals surface area contributed by atoms with Gasteiger partial charge in [0.25, 0.3) is 0 Å². The number of fused-ring (bicyclic) bond motifs is 3. The molecule has 3 aliphatic rings. The number of hydrogen-bond donors (Lipinski definition) is 2. The first-order valence-corrected chi connectivity index (χ1v) is 28.3. The van der Waals surface area contributed by atoms with Crippen molar-refractivity contribution < 1.29 is 28.1 Å². The predicted molar refractivity (Wildman–Crippen MR) is 331 cm³/mol. The number of nitrogens with one attached hydrogen (secondary N) is 1. The Morgan fingerprint density at radius 1 is 0.596 bits per heavy atom. The van der Waals surface area contributed by atoms with Crippen LogP contribution in [0.5, 0.6) is 11.5 Å². The molecule has 89 heavy (non-hydrogen) atoms. The molecule has 0 saturated heterocycles. The number of methoxy groups -OCH3 is 2. The van der Waals surface area contributed by atoms with Crippen LogP contribution in [0.3, 0.4) is 0 Å². The quantitative estimate of drug-likeness (QED) is 0.0400. The number of rotatable bonds is 11. The lowest BCUT2D eigenvalue weighted by atomic mass is 10.1. The lowest BCUT2D eigenvalue weighted by Crippen LogP contribution is -2.03. The van der Waals surface area contributed by atoms with Crippen molar-refractivity contribution in [1.82, 2.24) is 43.6 Å². The molecule has 6 aromatic heterocycles. The van der Waals surface area contributed by atoms with Crippen LogP contribution >= 0.6 is 34.8 Å². The number of nitro benzene ring substituents is 2. The Bertz CT molecular complexity index is 4660. The second-order valence-corrected chi connectivity index (χ2v) is 21.2. The first-order chi connectivity index (χ1) is 43.0. The summed E-state index contributed by atoms with van der Waals surface area (Å²) in [7, 11) is 2.63. The molecule has 11 aromatic rings. The van der Waals surface area contributed by atoms with Crippen molar-refractivity contribution >= 4 is 96.2 Å². The van der Waals surface area contributed by atoms with Crippen LogP contribution in [0, 0.1) is 65.9 Å². The SMILES string of the molecule is COc1cc(F)c([N+](=O)[O-])cc1N.COc1cc(F)c([N+](=O)[O-])cc1Nc1ncc(C#N)c(-c2cn(C3CC3)c3ccccc23)n1.N#Cc1cnc(Cl)nc1-c1cn(C2CC2)c2ccccc12.N#Cc1cnc(Cl)nc1Cl.c1ccc2c(c1)ccn2C1CC1. The molecule has 3 fully saturated rings. The second kappa shape index (κ2) is 26.8. The maximum Gasteiger partial charge on any atom is 0.307 e. The zero-order valence-electron chi connectivity index (χ0n) is 46.9. The number of nitrogens with two attached hydrogens (primary N) is 1. The van der Waals surface area contributed by atoms with Gasteiger partial charge in [-0.05, 0) is 91.4 Å². The predicted octanol–water partition coefficient (Wildman–Crippen LogP) is 15.0. The summed E-state index contributed by atoms with van der Waals surface area (Å²) in [4.78, 5) is 43.7. The summed E-state index contributed by atoms with van der Waals surface area (Å²) in [5.74, 6) is -1.75. The number of hydrogen-bond acceptors (Lipinski definition) is 17. The highest BCUT2D eigenvalue weighted by atomic mass is 35.5. The minimum Gasteiger partial charge on any atom is -0.494 e. The minimum atomic E-state index is -1.02. The Morgan fingerprint density at radius 2 is 1.06 bits per heavy atom. The average molecular weight is 1260 g/mol. The molecular formula is C62H47Cl3F2N16O6. The van der Waals surface area contributed by atoms with E-state index in [-0.39, 0.29) is 55.7 Å². The van der Waals surface area contributed by atoms with Crippen LogP contribution in [-0.2, 0) is 0 Å². The van der Waals surface area contributed by atoms with Crippen LogP contribution in [0.4, 0.5) is 37.5 Å². The lowest BCUT2D eigenvalue weighted by molar-refractivity contribution is -0.387. The monoisotopic (exact) mass is 1250 g/mol. The van der Waals surface area contributed by atoms with Crippen molar-refractivity contribution in [3.05, 3.63) is 205 Å². The first kappa shape index (κ1) is 61.3. The summed E-state index contributed by atoms with van der Waals surface area (Å²) in [5, 5.41) is 55.3. The van der Waals surface area contributed by atoms with Crippen molar-refractivity contribution in [2.24, 2.45) is 0 Å². The van der Waals surface area contributed by atoms with Gasteiger partial charge in [0, 0.05) is 99.4 Å². The molecule has 446 valence electrons. The third-order valence-electron chi connectivity index (χ3n) is 14.3. The van der Waals surface area contributed by atoms with Crippen LogP contribution in [0.25, 0.3) is 55.2 Å². The van der Waals surface area contributed by atoms with E-state index in [0.717, 1.165) is 70.6 Å². The molecule has 6 heterocycles. The number of benzene rings is 5. The number of nitrogen functional groups attached to an aromatic ring is 1. The van der Waals surface area contributed by atoms with Gasteiger partial charge in [-0.15, -0.1) is 0 Å². The summed E-state index contributed by atoms with van der Waals surface area (Å²) in [6, 6.07) is 38.5. The van der Waals surface area contributed by atoms with Gasteiger partial charge in [0.15, 0.2) is 5.15 Å². The number of ether oxygens (including phenoxy) is 2. The zero-order chi connectivity index (χ0) is 63.0. The van der Waals surface area contributed by atoms with E-state index in [9.17, 15) is 39.5 Å². The van der Waals surface area contributed by atoms with Crippen LogP contribution < -0.4 is 20.5 Å². The van der Waals surface area contributed by atoms with E-state index in [4.69, 9.17) is 50.5 Å². The molecule has 3 saturated carbocycles. The number of nitrogens with zero attached hydrogens (tertiary/aromatic N) is 14. The van der Waals surface area contributed by atoms with Crippen LogP contribution in [0.15, 0.2) is 140 Å². The number of para-hydroxylation sites is 3. The molecule has 14 rings (SSSR count). The maximum atomic E-state index is 14.0. The van der Waals surface area contributed by atoms with E-state index in [2.05, 4.69) is 121 Å². The molecule has 3 N–H and O–H groups in total. The lowest BCUT2D eigenvalue weighted by Gasteiger charge is -2.11. The van der Waals surface area contributed by atoms with E-state index in [0.29, 0.717) is 29.0 Å². The molecule has 22 nitrogen and oxygen atoms in total. The Hall–Kier alpha value is -10.8. The Labute approximate surface area is 519 Å². The molecule has 3 aliphatic carbocycles. The summed E-state index contributed by atoms with van der Waals surface area (Å²) < 4.78 is 43.6. The van der Waals surface area contributed by atoms with Gasteiger partial charge in [-0.2, -0.15) is 24.6 Å². The standard InChI is InChI=1S/C23H17FN6O3.C16H11ClN4.C11H11N.C7H7FN2O3.C5HCl2N3/c1-33-21-8-17(24)20(30(31)32)9-18(21)27-23-26-11-13(10-25)22(28-23)16-12-29(14-6-7-14)19-5-3-2-4-15(16)19;17-16-19-8-10(7-18)15(20-16)13-9-21(11-5-6-11)14-4-2-1-3-12(13)14;1-2-4-11-9(3-1)7-8-12(11)10-5-6-10;1-13-7-2-4(8)6(10(11)12)3-5(7)9;6-4-3(1-8)2-9-5(7)10-4/h2-5,8-9,11-12,14H,6-7H2,1H3,(H,26,27,28);1-4,8-9,11H,5-6H2;1-4,7-8,10H,5-6H2;2-3H,9H2,1H3;2H. The fourth-order valence-electron chi connectivity index (χ4n) is 9.61. The van der Waals surface area contributed by atoms with Gasteiger partial charge in [0.1, 0.15) is 35.3 Å². The fourth-order valence-corrected chi connectivity index (χ4v) is 10.1. The van der Waals surface area contributed by atoms with Crippen molar-refractivity contribution in [3.63, 3.8) is 0 Å². The van der Waals surface area contributed by atoms with E-state index in [1.807, 2.05) is 42.6 Å². The van der Waals surface area contributed by atoms with Gasteiger partial charge in [-0.3, -0.25) is 20.2 Å². The third kappa shape index (κ3) is 13.9. The normalized spacial score (nSPS) is 12.9. The van der Waals surface area contributed by atoms with Gasteiger partial charge < -0.3 is 34.2 Å². The molecule has 27 heteroatoms. The highest BCUT2D eigenvalue weighted by molar-refractivity contribution is 6.32. The number of aromatic nitrogens is 9. The van der Waals surface area contributed by atoms with Crippen LogP contribution in [0.2, 0.25) is 15.7 Å². The largest absolute Gasteiger partial charge is 0.494 e. The molecule has 5 aromatic carbocycles. The average Bonchev–Trinajstić information content (AvgIpc) is 1.81. The summed E-state index contributed by atoms with van der Waals surface area (Å²) >= 11 is 16.7. The highest BCUT2D eigenvalue weighted by Crippen LogP contribution is 2.44. The van der Waals surface area contributed by atoms with Gasteiger partial charge in [-0.1, -0.05) is 66.2 Å². The molecule has 0 amide bonds. The third-order valence-corrected chi connectivity index (χ3v) is 14.9. The van der Waals surface area contributed by atoms with Crippen molar-refractivity contribution in [1.29, 1.82) is 15.8 Å². The first-order valence-electron chi connectivity index (χ1n) is 27.1. The maximum absolute atomic E-state index is 14.0. The van der Waals surface area contributed by atoms with Gasteiger partial charge >= 0.3 is 11.4 Å². The molecule has 0 aliphatic heterocycles. The molecule has 0 atom stereocenters. The van der Waals surface area contributed by atoms with Gasteiger partial charge in [0.05, 0.1) is 76.5 Å². The van der Waals surface area contributed by atoms with E-state index < -0.39 is 32.9 Å². The van der Waals surface area contributed by atoms with Crippen molar-refractivity contribution in [3.8, 4) is 52.2 Å². The number of anilines is 3.